The van der Waals surface area contributed by atoms with Gasteiger partial charge in [-0.2, -0.15) is 9.61 Å². The molecule has 5 rings (SSSR count). The lowest BCUT2D eigenvalue weighted by Gasteiger charge is -2.34. The number of piperazine rings is 1. The normalized spacial score (nSPS) is 14.5. The van der Waals surface area contributed by atoms with Crippen LogP contribution in [0.1, 0.15) is 5.69 Å². The number of amides is 2. The van der Waals surface area contributed by atoms with Gasteiger partial charge in [0.25, 0.3) is 5.56 Å². The van der Waals surface area contributed by atoms with Gasteiger partial charge in [-0.3, -0.25) is 9.69 Å². The second-order valence-electron chi connectivity index (χ2n) is 7.89. The van der Waals surface area contributed by atoms with Crippen LogP contribution >= 0.6 is 22.9 Å². The molecule has 2 aromatic heterocycles. The molecule has 1 fully saturated rings. The monoisotopic (exact) mass is 498 g/mol. The minimum Gasteiger partial charge on any atom is -0.322 e. The van der Waals surface area contributed by atoms with E-state index in [1.165, 1.54) is 34.1 Å². The second-order valence-corrected chi connectivity index (χ2v) is 9.29. The number of hydrogen-bond acceptors (Lipinski definition) is 6. The molecule has 34 heavy (non-hydrogen) atoms. The molecule has 0 radical (unpaired) electrons. The van der Waals surface area contributed by atoms with Gasteiger partial charge < -0.3 is 10.2 Å². The van der Waals surface area contributed by atoms with Crippen LogP contribution in [0.2, 0.25) is 5.02 Å². The maximum Gasteiger partial charge on any atom is 0.321 e. The summed E-state index contributed by atoms with van der Waals surface area (Å²) in [6.07, 6.45) is 0. The summed E-state index contributed by atoms with van der Waals surface area (Å²) in [7, 11) is 0. The Hall–Kier alpha value is -3.34. The summed E-state index contributed by atoms with van der Waals surface area (Å²) in [5, 5.41) is 8.42. The first-order chi connectivity index (χ1) is 16.4. The van der Waals surface area contributed by atoms with E-state index in [-0.39, 0.29) is 17.4 Å². The molecule has 0 saturated carbocycles. The van der Waals surface area contributed by atoms with Crippen molar-refractivity contribution in [2.24, 2.45) is 0 Å². The van der Waals surface area contributed by atoms with Crippen molar-refractivity contribution < 1.29 is 9.18 Å². The molecule has 8 nitrogen and oxygen atoms in total. The summed E-state index contributed by atoms with van der Waals surface area (Å²) in [5.74, 6) is -0.329. The Kier molecular flexibility index (Phi) is 6.27. The van der Waals surface area contributed by atoms with Gasteiger partial charge in [-0.25, -0.2) is 14.2 Å². The summed E-state index contributed by atoms with van der Waals surface area (Å²) in [6, 6.07) is 14.3. The van der Waals surface area contributed by atoms with E-state index < -0.39 is 0 Å². The lowest BCUT2D eigenvalue weighted by Crippen LogP contribution is -2.49. The van der Waals surface area contributed by atoms with Crippen molar-refractivity contribution in [3.63, 3.8) is 0 Å². The summed E-state index contributed by atoms with van der Waals surface area (Å²) in [5.41, 5.74) is 1.81. The number of carbonyl (C=O) groups is 1. The zero-order valence-electron chi connectivity index (χ0n) is 17.9. The van der Waals surface area contributed by atoms with Gasteiger partial charge >= 0.3 is 6.03 Å². The fourth-order valence-corrected chi connectivity index (χ4v) is 4.78. The molecular weight excluding hydrogens is 479 g/mol. The van der Waals surface area contributed by atoms with E-state index >= 15 is 0 Å². The van der Waals surface area contributed by atoms with Crippen molar-refractivity contribution in [1.29, 1.82) is 0 Å². The number of nitrogens with one attached hydrogen (secondary N) is 1. The number of benzene rings is 2. The number of urea groups is 1. The van der Waals surface area contributed by atoms with Gasteiger partial charge in [0.15, 0.2) is 0 Å². The van der Waals surface area contributed by atoms with Gasteiger partial charge in [0.05, 0.1) is 5.69 Å². The number of aromatic nitrogens is 3. The SMILES string of the molecule is O=C(Nc1ccc(Cl)cc1)N1CCN(Cc2cc(=O)n3nc(-c4ccc(F)cc4)sc3n2)CC1. The number of hydrogen-bond donors (Lipinski definition) is 1. The number of fused-ring (bicyclic) bond motifs is 1. The van der Waals surface area contributed by atoms with Crippen molar-refractivity contribution in [1.82, 2.24) is 24.4 Å². The molecule has 0 atom stereocenters. The van der Waals surface area contributed by atoms with Crippen molar-refractivity contribution in [2.75, 3.05) is 31.5 Å². The Balaban J connectivity index is 1.22. The number of rotatable bonds is 4. The summed E-state index contributed by atoms with van der Waals surface area (Å²) >= 11 is 7.17. The summed E-state index contributed by atoms with van der Waals surface area (Å²) in [6.45, 7) is 2.96. The molecule has 1 saturated heterocycles. The van der Waals surface area contributed by atoms with Crippen LogP contribution < -0.4 is 10.9 Å². The van der Waals surface area contributed by atoms with Crippen LogP contribution in [0.3, 0.4) is 0 Å². The smallest absolute Gasteiger partial charge is 0.321 e. The van der Waals surface area contributed by atoms with Crippen LogP contribution in [0.15, 0.2) is 59.4 Å². The topological polar surface area (TPSA) is 82.8 Å². The zero-order chi connectivity index (χ0) is 23.7. The molecular formula is C23H20ClFN6O2S. The van der Waals surface area contributed by atoms with Crippen molar-refractivity contribution in [3.05, 3.63) is 81.5 Å². The average Bonchev–Trinajstić information content (AvgIpc) is 3.26. The molecule has 2 aromatic carbocycles. The third-order valence-electron chi connectivity index (χ3n) is 5.53. The minimum absolute atomic E-state index is 0.155. The van der Waals surface area contributed by atoms with Gasteiger partial charge in [0, 0.05) is 55.1 Å². The average molecular weight is 499 g/mol. The van der Waals surface area contributed by atoms with E-state index in [1.807, 2.05) is 0 Å². The maximum atomic E-state index is 13.2. The van der Waals surface area contributed by atoms with Crippen LogP contribution in [0.25, 0.3) is 15.5 Å². The van der Waals surface area contributed by atoms with Crippen LogP contribution in [-0.2, 0) is 6.54 Å². The standard InChI is InChI=1S/C23H20ClFN6O2S/c24-16-3-7-18(8-4-16)26-22(33)30-11-9-29(10-12-30)14-19-13-20(32)31-23(27-19)34-21(28-31)15-1-5-17(25)6-2-15/h1-8,13H,9-12,14H2,(H,26,33). The predicted octanol–water partition coefficient (Wildman–Crippen LogP) is 3.96. The van der Waals surface area contributed by atoms with Crippen LogP contribution in [0.4, 0.5) is 14.9 Å². The molecule has 1 aliphatic heterocycles. The number of nitrogens with zero attached hydrogens (tertiary/aromatic N) is 5. The Labute approximate surface area is 203 Å². The molecule has 11 heteroatoms. The van der Waals surface area contributed by atoms with Gasteiger partial charge in [-0.05, 0) is 48.5 Å². The fraction of sp³-hybridized carbons (Fsp3) is 0.217. The first kappa shape index (κ1) is 22.5. The van der Waals surface area contributed by atoms with Gasteiger partial charge in [0.2, 0.25) is 4.96 Å². The molecule has 0 unspecified atom stereocenters. The number of anilines is 1. The van der Waals surface area contributed by atoms with Gasteiger partial charge in [0.1, 0.15) is 10.8 Å². The molecule has 4 aromatic rings. The first-order valence-electron chi connectivity index (χ1n) is 10.6. The van der Waals surface area contributed by atoms with E-state index in [9.17, 15) is 14.0 Å². The molecule has 174 valence electrons. The third kappa shape index (κ3) is 4.93. The molecule has 3 heterocycles. The maximum absolute atomic E-state index is 13.2. The fourth-order valence-electron chi connectivity index (χ4n) is 3.72. The highest BCUT2D eigenvalue weighted by Gasteiger charge is 2.22. The van der Waals surface area contributed by atoms with Gasteiger partial charge in [-0.1, -0.05) is 22.9 Å². The van der Waals surface area contributed by atoms with E-state index in [1.54, 1.807) is 41.3 Å². The molecule has 0 bridgehead atoms. The third-order valence-corrected chi connectivity index (χ3v) is 6.74. The first-order valence-corrected chi connectivity index (χ1v) is 11.8. The molecule has 1 N–H and O–H groups in total. The Morgan fingerprint density at radius 2 is 1.76 bits per heavy atom. The summed E-state index contributed by atoms with van der Waals surface area (Å²) in [4.78, 5) is 34.1. The summed E-state index contributed by atoms with van der Waals surface area (Å²) < 4.78 is 14.5. The largest absolute Gasteiger partial charge is 0.322 e. The molecule has 0 aliphatic carbocycles. The van der Waals surface area contributed by atoms with E-state index in [0.29, 0.717) is 59.1 Å². The van der Waals surface area contributed by atoms with Crippen molar-refractivity contribution in [3.8, 4) is 10.6 Å². The lowest BCUT2D eigenvalue weighted by molar-refractivity contribution is 0.142. The van der Waals surface area contributed by atoms with E-state index in [2.05, 4.69) is 20.3 Å². The van der Waals surface area contributed by atoms with E-state index in [0.717, 1.165) is 5.56 Å². The highest BCUT2D eigenvalue weighted by atomic mass is 35.5. The second kappa shape index (κ2) is 9.49. The Morgan fingerprint density at radius 1 is 1.06 bits per heavy atom. The van der Waals surface area contributed by atoms with Crippen molar-refractivity contribution in [2.45, 2.75) is 6.54 Å². The zero-order valence-corrected chi connectivity index (χ0v) is 19.5. The minimum atomic E-state index is -0.329. The quantitative estimate of drug-likeness (QED) is 0.460. The lowest BCUT2D eigenvalue weighted by atomic mass is 10.2. The number of carbonyl (C=O) groups excluding carboxylic acids is 1. The van der Waals surface area contributed by atoms with Crippen LogP contribution in [-0.4, -0.2) is 56.6 Å². The van der Waals surface area contributed by atoms with Crippen LogP contribution in [0.5, 0.6) is 0 Å². The van der Waals surface area contributed by atoms with Crippen LogP contribution in [0, 0.1) is 5.82 Å². The highest BCUT2D eigenvalue weighted by Crippen LogP contribution is 2.24. The highest BCUT2D eigenvalue weighted by molar-refractivity contribution is 7.19. The molecule has 1 aliphatic rings. The number of halogens is 2. The molecule has 2 amide bonds. The molecule has 0 spiro atoms. The Morgan fingerprint density at radius 3 is 2.47 bits per heavy atom. The van der Waals surface area contributed by atoms with Crippen molar-refractivity contribution >= 4 is 39.6 Å². The van der Waals surface area contributed by atoms with Gasteiger partial charge in [-0.15, -0.1) is 0 Å². The van der Waals surface area contributed by atoms with E-state index in [4.69, 9.17) is 11.6 Å². The predicted molar refractivity (Wildman–Crippen MR) is 130 cm³/mol. The Bertz CT molecular complexity index is 1380.